The van der Waals surface area contributed by atoms with Crippen LogP contribution in [0.2, 0.25) is 5.02 Å². The minimum Gasteiger partial charge on any atom is -0.376 e. The van der Waals surface area contributed by atoms with Crippen molar-refractivity contribution in [2.24, 2.45) is 0 Å². The van der Waals surface area contributed by atoms with Gasteiger partial charge in [0.2, 0.25) is 11.7 Å². The van der Waals surface area contributed by atoms with Crippen molar-refractivity contribution >= 4 is 17.3 Å². The van der Waals surface area contributed by atoms with Crippen LogP contribution in [0, 0.1) is 6.92 Å². The van der Waals surface area contributed by atoms with E-state index in [1.807, 2.05) is 49.4 Å². The van der Waals surface area contributed by atoms with Gasteiger partial charge in [-0.15, -0.1) is 0 Å². The van der Waals surface area contributed by atoms with Crippen molar-refractivity contribution in [2.75, 3.05) is 5.32 Å². The van der Waals surface area contributed by atoms with E-state index in [2.05, 4.69) is 20.4 Å². The van der Waals surface area contributed by atoms with Crippen LogP contribution in [0.5, 0.6) is 0 Å². The molecule has 21 heavy (non-hydrogen) atoms. The maximum Gasteiger partial charge on any atom is 0.246 e. The van der Waals surface area contributed by atoms with E-state index in [0.29, 0.717) is 29.0 Å². The predicted octanol–water partition coefficient (Wildman–Crippen LogP) is 3.71. The smallest absolute Gasteiger partial charge is 0.246 e. The average molecular weight is 301 g/mol. The molecule has 0 saturated carbocycles. The van der Waals surface area contributed by atoms with Crippen LogP contribution in [0.15, 0.2) is 47.0 Å². The molecule has 0 bridgehead atoms. The largest absolute Gasteiger partial charge is 0.376 e. The minimum atomic E-state index is 0.430. The number of nitrogens with one attached hydrogen (secondary N) is 1. The summed E-state index contributed by atoms with van der Waals surface area (Å²) in [5, 5.41) is 7.80. The molecule has 106 valence electrons. The van der Waals surface area contributed by atoms with Crippen LogP contribution in [0.4, 0.5) is 5.69 Å². The van der Waals surface area contributed by atoms with Gasteiger partial charge in [0.05, 0.1) is 6.54 Å². The number of hydrogen-bond acceptors (Lipinski definition) is 5. The van der Waals surface area contributed by atoms with Crippen LogP contribution in [0.3, 0.4) is 0 Å². The fourth-order valence-corrected chi connectivity index (χ4v) is 2.06. The third-order valence-electron chi connectivity index (χ3n) is 2.85. The highest BCUT2D eigenvalue weighted by molar-refractivity contribution is 6.30. The van der Waals surface area contributed by atoms with Gasteiger partial charge in [0, 0.05) is 16.4 Å². The zero-order valence-corrected chi connectivity index (χ0v) is 12.1. The summed E-state index contributed by atoms with van der Waals surface area (Å²) in [6.07, 6.45) is 0. The summed E-state index contributed by atoms with van der Waals surface area (Å²) in [6.45, 7) is 2.35. The van der Waals surface area contributed by atoms with Gasteiger partial charge < -0.3 is 9.84 Å². The predicted molar refractivity (Wildman–Crippen MR) is 81.0 cm³/mol. The second kappa shape index (κ2) is 5.93. The molecule has 1 N–H and O–H groups in total. The lowest BCUT2D eigenvalue weighted by atomic mass is 10.3. The Morgan fingerprint density at radius 3 is 2.81 bits per heavy atom. The number of hydrogen-bond donors (Lipinski definition) is 1. The molecule has 0 aliphatic rings. The van der Waals surface area contributed by atoms with Gasteiger partial charge in [0.25, 0.3) is 0 Å². The van der Waals surface area contributed by atoms with Gasteiger partial charge in [-0.2, -0.15) is 4.98 Å². The molecule has 0 spiro atoms. The molecule has 3 rings (SSSR count). The maximum atomic E-state index is 5.93. The third-order valence-corrected chi connectivity index (χ3v) is 3.09. The number of nitrogens with zero attached hydrogens (tertiary/aromatic N) is 3. The van der Waals surface area contributed by atoms with Gasteiger partial charge in [-0.25, -0.2) is 4.98 Å². The van der Waals surface area contributed by atoms with Crippen LogP contribution in [-0.4, -0.2) is 15.1 Å². The summed E-state index contributed by atoms with van der Waals surface area (Å²) in [7, 11) is 0. The molecule has 0 saturated heterocycles. The Bertz CT molecular complexity index is 757. The first-order chi connectivity index (χ1) is 10.2. The summed E-state index contributed by atoms with van der Waals surface area (Å²) >= 11 is 5.93. The highest BCUT2D eigenvalue weighted by Crippen LogP contribution is 2.17. The third kappa shape index (κ3) is 3.38. The summed E-state index contributed by atoms with van der Waals surface area (Å²) in [5.74, 6) is 0.981. The van der Waals surface area contributed by atoms with Crippen LogP contribution >= 0.6 is 11.6 Å². The molecule has 2 aromatic heterocycles. The Morgan fingerprint density at radius 2 is 2.00 bits per heavy atom. The molecule has 3 aromatic rings. The Labute approximate surface area is 127 Å². The molecule has 0 amide bonds. The first-order valence-corrected chi connectivity index (χ1v) is 6.84. The normalized spacial score (nSPS) is 10.6. The number of aromatic nitrogens is 3. The van der Waals surface area contributed by atoms with Crippen molar-refractivity contribution in [3.8, 4) is 11.5 Å². The van der Waals surface area contributed by atoms with E-state index in [1.54, 1.807) is 0 Å². The molecule has 2 heterocycles. The van der Waals surface area contributed by atoms with E-state index in [4.69, 9.17) is 16.1 Å². The molecule has 0 radical (unpaired) electrons. The highest BCUT2D eigenvalue weighted by Gasteiger charge is 2.09. The molecule has 6 heteroatoms. The second-order valence-electron chi connectivity index (χ2n) is 4.54. The number of pyridine rings is 1. The molecular formula is C15H13ClN4O. The molecule has 0 fully saturated rings. The van der Waals surface area contributed by atoms with Gasteiger partial charge in [-0.3, -0.25) is 0 Å². The fourth-order valence-electron chi connectivity index (χ4n) is 1.87. The van der Waals surface area contributed by atoms with E-state index in [9.17, 15) is 0 Å². The van der Waals surface area contributed by atoms with E-state index in [-0.39, 0.29) is 0 Å². The Balaban J connectivity index is 1.71. The van der Waals surface area contributed by atoms with Crippen molar-refractivity contribution in [3.05, 3.63) is 59.1 Å². The number of rotatable bonds is 4. The quantitative estimate of drug-likeness (QED) is 0.796. The molecule has 0 unspecified atom stereocenters. The summed E-state index contributed by atoms with van der Waals surface area (Å²) in [4.78, 5) is 8.69. The molecule has 0 aliphatic heterocycles. The Hall–Kier alpha value is -2.40. The molecular weight excluding hydrogens is 288 g/mol. The monoisotopic (exact) mass is 300 g/mol. The lowest BCUT2D eigenvalue weighted by molar-refractivity contribution is 0.384. The lowest BCUT2D eigenvalue weighted by Crippen LogP contribution is -1.99. The Morgan fingerprint density at radius 1 is 1.14 bits per heavy atom. The van der Waals surface area contributed by atoms with Gasteiger partial charge in [-0.05, 0) is 37.3 Å². The van der Waals surface area contributed by atoms with Crippen LogP contribution in [0.25, 0.3) is 11.5 Å². The van der Waals surface area contributed by atoms with Crippen LogP contribution < -0.4 is 5.32 Å². The summed E-state index contributed by atoms with van der Waals surface area (Å²) in [6, 6.07) is 13.1. The summed E-state index contributed by atoms with van der Waals surface area (Å²) in [5.41, 5.74) is 2.51. The first-order valence-electron chi connectivity index (χ1n) is 6.47. The van der Waals surface area contributed by atoms with Crippen LogP contribution in [0.1, 0.15) is 11.6 Å². The zero-order chi connectivity index (χ0) is 14.7. The van der Waals surface area contributed by atoms with Crippen molar-refractivity contribution in [2.45, 2.75) is 13.5 Å². The minimum absolute atomic E-state index is 0.430. The van der Waals surface area contributed by atoms with E-state index >= 15 is 0 Å². The number of aryl methyl sites for hydroxylation is 1. The molecule has 0 atom stereocenters. The zero-order valence-electron chi connectivity index (χ0n) is 11.4. The topological polar surface area (TPSA) is 63.8 Å². The van der Waals surface area contributed by atoms with Crippen molar-refractivity contribution in [3.63, 3.8) is 0 Å². The van der Waals surface area contributed by atoms with Crippen molar-refractivity contribution in [1.82, 2.24) is 15.1 Å². The SMILES string of the molecule is Cc1cccc(-c2noc(CNc3cccc(Cl)c3)n2)n1. The second-order valence-corrected chi connectivity index (χ2v) is 4.98. The number of benzene rings is 1. The standard InChI is InChI=1S/C15H13ClN4O/c1-10-4-2-7-13(18-10)15-19-14(21-20-15)9-17-12-6-3-5-11(16)8-12/h2-8,17H,9H2,1H3. The molecule has 0 aliphatic carbocycles. The highest BCUT2D eigenvalue weighted by atomic mass is 35.5. The molecule has 5 nitrogen and oxygen atoms in total. The van der Waals surface area contributed by atoms with E-state index in [1.165, 1.54) is 0 Å². The van der Waals surface area contributed by atoms with Gasteiger partial charge in [-0.1, -0.05) is 28.9 Å². The van der Waals surface area contributed by atoms with Crippen LogP contribution in [-0.2, 0) is 6.54 Å². The summed E-state index contributed by atoms with van der Waals surface area (Å²) < 4.78 is 5.21. The average Bonchev–Trinajstić information content (AvgIpc) is 2.94. The van der Waals surface area contributed by atoms with Gasteiger partial charge >= 0.3 is 0 Å². The van der Waals surface area contributed by atoms with Crippen molar-refractivity contribution < 1.29 is 4.52 Å². The maximum absolute atomic E-state index is 5.93. The Kier molecular flexibility index (Phi) is 3.83. The van der Waals surface area contributed by atoms with E-state index in [0.717, 1.165) is 11.4 Å². The van der Waals surface area contributed by atoms with Gasteiger partial charge in [0.15, 0.2) is 0 Å². The molecule has 1 aromatic carbocycles. The fraction of sp³-hybridized carbons (Fsp3) is 0.133. The number of anilines is 1. The number of halogens is 1. The van der Waals surface area contributed by atoms with Gasteiger partial charge in [0.1, 0.15) is 5.69 Å². The van der Waals surface area contributed by atoms with Crippen molar-refractivity contribution in [1.29, 1.82) is 0 Å². The van der Waals surface area contributed by atoms with E-state index < -0.39 is 0 Å². The first kappa shape index (κ1) is 13.6. The lowest BCUT2D eigenvalue weighted by Gasteiger charge is -2.02.